The van der Waals surface area contributed by atoms with E-state index in [0.29, 0.717) is 35.9 Å². The van der Waals surface area contributed by atoms with Gasteiger partial charge in [-0.3, -0.25) is 9.89 Å². The number of nitrogens with zero attached hydrogens (tertiary/aromatic N) is 5. The summed E-state index contributed by atoms with van der Waals surface area (Å²) in [5.74, 6) is 1.13. The van der Waals surface area contributed by atoms with Crippen molar-refractivity contribution in [2.45, 2.75) is 39.2 Å². The number of hydrogen-bond acceptors (Lipinski definition) is 6. The van der Waals surface area contributed by atoms with E-state index in [0.717, 1.165) is 23.9 Å². The highest BCUT2D eigenvalue weighted by Gasteiger charge is 2.34. The Labute approximate surface area is 138 Å². The van der Waals surface area contributed by atoms with E-state index in [4.69, 9.17) is 4.52 Å². The maximum atomic E-state index is 13.0. The smallest absolute Gasteiger partial charge is 0.256 e. The highest BCUT2D eigenvalue weighted by molar-refractivity contribution is 5.97. The number of rotatable bonds is 3. The molecule has 0 spiro atoms. The van der Waals surface area contributed by atoms with Crippen LogP contribution < -0.4 is 0 Å². The van der Waals surface area contributed by atoms with Gasteiger partial charge in [-0.2, -0.15) is 10.1 Å². The molecule has 0 saturated carbocycles. The molecule has 0 aromatic carbocycles. The van der Waals surface area contributed by atoms with Gasteiger partial charge in [0.15, 0.2) is 11.5 Å². The Balaban J connectivity index is 1.65. The van der Waals surface area contributed by atoms with Gasteiger partial charge >= 0.3 is 0 Å². The number of aromatic nitrogens is 5. The van der Waals surface area contributed by atoms with Crippen molar-refractivity contribution >= 4 is 16.9 Å². The number of likely N-dealkylation sites (tertiary alicyclic amines) is 1. The van der Waals surface area contributed by atoms with Gasteiger partial charge < -0.3 is 9.42 Å². The van der Waals surface area contributed by atoms with Crippen LogP contribution >= 0.6 is 0 Å². The summed E-state index contributed by atoms with van der Waals surface area (Å²) in [5.41, 5.74) is 2.07. The van der Waals surface area contributed by atoms with Crippen molar-refractivity contribution < 1.29 is 9.32 Å². The van der Waals surface area contributed by atoms with Crippen LogP contribution in [0.3, 0.4) is 0 Å². The van der Waals surface area contributed by atoms with Crippen molar-refractivity contribution in [3.8, 4) is 0 Å². The minimum absolute atomic E-state index is 0.0599. The molecule has 0 bridgehead atoms. The predicted octanol–water partition coefficient (Wildman–Crippen LogP) is 2.19. The fraction of sp³-hybridized carbons (Fsp3) is 0.438. The molecule has 0 aliphatic carbocycles. The molecule has 1 saturated heterocycles. The third-order valence-corrected chi connectivity index (χ3v) is 4.45. The number of aryl methyl sites for hydroxylation is 2. The van der Waals surface area contributed by atoms with Gasteiger partial charge in [0.1, 0.15) is 0 Å². The van der Waals surface area contributed by atoms with Gasteiger partial charge in [0.25, 0.3) is 5.91 Å². The van der Waals surface area contributed by atoms with Crippen LogP contribution in [0.1, 0.15) is 53.6 Å². The molecule has 1 fully saturated rings. The Kier molecular flexibility index (Phi) is 3.51. The normalized spacial score (nSPS) is 17.8. The van der Waals surface area contributed by atoms with Crippen LogP contribution in [0.4, 0.5) is 0 Å². The van der Waals surface area contributed by atoms with Crippen molar-refractivity contribution in [2.24, 2.45) is 0 Å². The molecule has 1 aliphatic rings. The van der Waals surface area contributed by atoms with Gasteiger partial charge in [-0.1, -0.05) is 12.1 Å². The summed E-state index contributed by atoms with van der Waals surface area (Å²) < 4.78 is 5.20. The molecule has 24 heavy (non-hydrogen) atoms. The number of amides is 1. The van der Waals surface area contributed by atoms with Gasteiger partial charge in [-0.15, -0.1) is 0 Å². The standard InChI is InChI=1S/C16H18N6O2/c1-3-13-18-15(21-24-13)12-5-4-6-22(12)16(23)10-7-11-9(2)19-20-14(11)17-8-10/h7-8,12H,3-6H2,1-2H3,(H,17,19,20)/t12-/m1/s1. The topological polar surface area (TPSA) is 101 Å². The lowest BCUT2D eigenvalue weighted by atomic mass is 10.1. The van der Waals surface area contributed by atoms with Crippen LogP contribution in [0.25, 0.3) is 11.0 Å². The summed E-state index contributed by atoms with van der Waals surface area (Å²) in [5, 5.41) is 11.9. The van der Waals surface area contributed by atoms with Crippen molar-refractivity contribution in [3.05, 3.63) is 35.2 Å². The fourth-order valence-electron chi connectivity index (χ4n) is 3.13. The molecule has 0 unspecified atom stereocenters. The van der Waals surface area contributed by atoms with Gasteiger partial charge in [0, 0.05) is 30.2 Å². The SMILES string of the molecule is CCc1nc([C@H]2CCCN2C(=O)c2cnc3n[nH]c(C)c3c2)no1. The lowest BCUT2D eigenvalue weighted by molar-refractivity contribution is 0.0728. The quantitative estimate of drug-likeness (QED) is 0.791. The molecule has 0 radical (unpaired) electrons. The average molecular weight is 326 g/mol. The molecular formula is C16H18N6O2. The van der Waals surface area contributed by atoms with E-state index in [1.165, 1.54) is 0 Å². The Morgan fingerprint density at radius 1 is 1.50 bits per heavy atom. The number of carbonyl (C=O) groups excluding carboxylic acids is 1. The summed E-state index contributed by atoms with van der Waals surface area (Å²) in [6, 6.07) is 1.70. The molecule has 4 heterocycles. The van der Waals surface area contributed by atoms with Crippen molar-refractivity contribution in [1.29, 1.82) is 0 Å². The van der Waals surface area contributed by atoms with Gasteiger partial charge in [0.05, 0.1) is 11.6 Å². The second kappa shape index (κ2) is 5.70. The van der Waals surface area contributed by atoms with E-state index in [1.807, 2.05) is 24.8 Å². The summed E-state index contributed by atoms with van der Waals surface area (Å²) in [6.45, 7) is 4.56. The molecule has 124 valence electrons. The Hall–Kier alpha value is -2.77. The zero-order valence-electron chi connectivity index (χ0n) is 13.6. The van der Waals surface area contributed by atoms with Crippen molar-refractivity contribution in [1.82, 2.24) is 30.2 Å². The van der Waals surface area contributed by atoms with Crippen molar-refractivity contribution in [2.75, 3.05) is 6.54 Å². The third kappa shape index (κ3) is 2.34. The van der Waals surface area contributed by atoms with Gasteiger partial charge in [-0.25, -0.2) is 4.98 Å². The predicted molar refractivity (Wildman–Crippen MR) is 85.3 cm³/mol. The largest absolute Gasteiger partial charge is 0.339 e. The highest BCUT2D eigenvalue weighted by atomic mass is 16.5. The zero-order chi connectivity index (χ0) is 16.7. The third-order valence-electron chi connectivity index (χ3n) is 4.45. The van der Waals surface area contributed by atoms with Crippen LogP contribution in [-0.4, -0.2) is 42.7 Å². The minimum Gasteiger partial charge on any atom is -0.339 e. The molecule has 1 amide bonds. The monoisotopic (exact) mass is 326 g/mol. The van der Waals surface area contributed by atoms with Crippen LogP contribution in [0.2, 0.25) is 0 Å². The Morgan fingerprint density at radius 3 is 3.17 bits per heavy atom. The van der Waals surface area contributed by atoms with E-state index in [2.05, 4.69) is 25.3 Å². The fourth-order valence-corrected chi connectivity index (χ4v) is 3.13. The minimum atomic E-state index is -0.136. The van der Waals surface area contributed by atoms with Crippen LogP contribution in [0.15, 0.2) is 16.8 Å². The molecule has 1 atom stereocenters. The molecule has 3 aromatic rings. The van der Waals surface area contributed by atoms with Gasteiger partial charge in [-0.05, 0) is 25.8 Å². The second-order valence-electron chi connectivity index (χ2n) is 6.00. The van der Waals surface area contributed by atoms with Crippen LogP contribution in [0, 0.1) is 6.92 Å². The maximum Gasteiger partial charge on any atom is 0.256 e. The molecular weight excluding hydrogens is 308 g/mol. The first kappa shape index (κ1) is 14.8. The summed E-state index contributed by atoms with van der Waals surface area (Å²) in [7, 11) is 0. The average Bonchev–Trinajstić information content (AvgIpc) is 3.33. The molecule has 1 N–H and O–H groups in total. The zero-order valence-corrected chi connectivity index (χ0v) is 13.6. The molecule has 3 aromatic heterocycles. The van der Waals surface area contributed by atoms with E-state index >= 15 is 0 Å². The maximum absolute atomic E-state index is 13.0. The molecule has 8 nitrogen and oxygen atoms in total. The summed E-state index contributed by atoms with van der Waals surface area (Å²) >= 11 is 0. The first-order chi connectivity index (χ1) is 11.7. The number of hydrogen-bond donors (Lipinski definition) is 1. The number of H-pyrrole nitrogens is 1. The lowest BCUT2D eigenvalue weighted by Crippen LogP contribution is -2.31. The van der Waals surface area contributed by atoms with Gasteiger partial charge in [0.2, 0.25) is 5.89 Å². The molecule has 8 heteroatoms. The van der Waals surface area contributed by atoms with E-state index in [9.17, 15) is 4.79 Å². The Morgan fingerprint density at radius 2 is 2.38 bits per heavy atom. The molecule has 4 rings (SSSR count). The number of aromatic amines is 1. The number of carbonyl (C=O) groups is 1. The van der Waals surface area contributed by atoms with Crippen molar-refractivity contribution in [3.63, 3.8) is 0 Å². The number of fused-ring (bicyclic) bond motifs is 1. The second-order valence-corrected chi connectivity index (χ2v) is 6.00. The number of pyridine rings is 1. The van der Waals surface area contributed by atoms with E-state index < -0.39 is 0 Å². The van der Waals surface area contributed by atoms with E-state index in [-0.39, 0.29) is 11.9 Å². The summed E-state index contributed by atoms with van der Waals surface area (Å²) in [6.07, 6.45) is 4.03. The lowest BCUT2D eigenvalue weighted by Gasteiger charge is -2.22. The highest BCUT2D eigenvalue weighted by Crippen LogP contribution is 2.31. The molecule has 1 aliphatic heterocycles. The van der Waals surface area contributed by atoms with Crippen LogP contribution in [0.5, 0.6) is 0 Å². The summed E-state index contributed by atoms with van der Waals surface area (Å²) in [4.78, 5) is 23.4. The Bertz CT molecular complexity index is 899. The van der Waals surface area contributed by atoms with E-state index in [1.54, 1.807) is 6.20 Å². The van der Waals surface area contributed by atoms with Crippen LogP contribution in [-0.2, 0) is 6.42 Å². The first-order valence-electron chi connectivity index (χ1n) is 8.11. The first-order valence-corrected chi connectivity index (χ1v) is 8.11. The number of nitrogens with one attached hydrogen (secondary N) is 1.